The minimum Gasteiger partial charge on any atom is -0.372 e. The highest BCUT2D eigenvalue weighted by molar-refractivity contribution is 6.07. The molecule has 5 heteroatoms. The summed E-state index contributed by atoms with van der Waals surface area (Å²) >= 11 is 0. The van der Waals surface area contributed by atoms with Crippen LogP contribution in [0.25, 0.3) is 0 Å². The lowest BCUT2D eigenvalue weighted by Crippen LogP contribution is -2.60. The van der Waals surface area contributed by atoms with Gasteiger partial charge in [0.2, 0.25) is 5.60 Å². The maximum absolute atomic E-state index is 12.1. The third-order valence-electron chi connectivity index (χ3n) is 4.22. The molecule has 2 amide bonds. The predicted octanol–water partition coefficient (Wildman–Crippen LogP) is 0.405. The van der Waals surface area contributed by atoms with E-state index < -0.39 is 17.4 Å². The Bertz CT molecular complexity index is 339. The van der Waals surface area contributed by atoms with Gasteiger partial charge in [-0.25, -0.2) is 0 Å². The Morgan fingerprint density at radius 3 is 2.61 bits per heavy atom. The molecule has 18 heavy (non-hydrogen) atoms. The molecule has 2 aliphatic rings. The van der Waals surface area contributed by atoms with E-state index in [1.807, 2.05) is 0 Å². The fourth-order valence-corrected chi connectivity index (χ4v) is 3.08. The van der Waals surface area contributed by atoms with E-state index in [1.165, 1.54) is 19.3 Å². The molecule has 1 unspecified atom stereocenters. The summed E-state index contributed by atoms with van der Waals surface area (Å²) < 4.78 is 0. The topological polar surface area (TPSA) is 83.6 Å². The molecule has 2 fully saturated rings. The summed E-state index contributed by atoms with van der Waals surface area (Å²) in [7, 11) is 0. The van der Waals surface area contributed by atoms with Crippen molar-refractivity contribution in [1.29, 1.82) is 0 Å². The van der Waals surface area contributed by atoms with Crippen molar-refractivity contribution < 1.29 is 14.7 Å². The minimum atomic E-state index is -1.97. The van der Waals surface area contributed by atoms with Gasteiger partial charge in [-0.2, -0.15) is 0 Å². The van der Waals surface area contributed by atoms with Gasteiger partial charge < -0.3 is 15.7 Å². The van der Waals surface area contributed by atoms with Crippen LogP contribution in [0.2, 0.25) is 0 Å². The van der Waals surface area contributed by atoms with Crippen LogP contribution in [-0.2, 0) is 9.59 Å². The normalized spacial score (nSPS) is 30.5. The molecule has 0 aromatic carbocycles. The van der Waals surface area contributed by atoms with Crippen LogP contribution < -0.4 is 5.73 Å². The third kappa shape index (κ3) is 2.51. The molecule has 1 saturated carbocycles. The number of primary amides is 1. The second kappa shape index (κ2) is 5.26. The molecule has 3 N–H and O–H groups in total. The van der Waals surface area contributed by atoms with Gasteiger partial charge in [0.1, 0.15) is 0 Å². The number of hydrogen-bond donors (Lipinski definition) is 2. The smallest absolute Gasteiger partial charge is 0.264 e. The fourth-order valence-electron chi connectivity index (χ4n) is 3.08. The van der Waals surface area contributed by atoms with E-state index >= 15 is 0 Å². The van der Waals surface area contributed by atoms with Gasteiger partial charge >= 0.3 is 0 Å². The zero-order valence-electron chi connectivity index (χ0n) is 10.7. The number of rotatable bonds is 3. The van der Waals surface area contributed by atoms with Crippen molar-refractivity contribution in [2.24, 2.45) is 11.7 Å². The van der Waals surface area contributed by atoms with Crippen molar-refractivity contribution in [3.05, 3.63) is 0 Å². The van der Waals surface area contributed by atoms with Crippen LogP contribution >= 0.6 is 0 Å². The maximum Gasteiger partial charge on any atom is 0.264 e. The van der Waals surface area contributed by atoms with E-state index in [2.05, 4.69) is 0 Å². The van der Waals surface area contributed by atoms with E-state index in [0.29, 0.717) is 25.4 Å². The molecular weight excluding hydrogens is 232 g/mol. The number of carbonyl (C=O) groups is 2. The zero-order valence-corrected chi connectivity index (χ0v) is 10.7. The number of aliphatic hydroxyl groups is 1. The van der Waals surface area contributed by atoms with Crippen LogP contribution in [0.4, 0.5) is 0 Å². The summed E-state index contributed by atoms with van der Waals surface area (Å²) in [6.45, 7) is 1.29. The van der Waals surface area contributed by atoms with Gasteiger partial charge in [0.15, 0.2) is 0 Å². The number of nitrogens with zero attached hydrogens (tertiary/aromatic N) is 1. The molecule has 0 aromatic heterocycles. The van der Waals surface area contributed by atoms with Gasteiger partial charge in [0.05, 0.1) is 0 Å². The summed E-state index contributed by atoms with van der Waals surface area (Å²) in [6.07, 6.45) is 6.77. The fraction of sp³-hybridized carbons (Fsp3) is 0.846. The quantitative estimate of drug-likeness (QED) is 0.715. The monoisotopic (exact) mass is 254 g/mol. The van der Waals surface area contributed by atoms with Crippen LogP contribution in [0.5, 0.6) is 0 Å². The second-order valence-electron chi connectivity index (χ2n) is 5.58. The van der Waals surface area contributed by atoms with Crippen LogP contribution in [0.1, 0.15) is 44.9 Å². The molecule has 5 nitrogen and oxygen atoms in total. The number of hydrogen-bond acceptors (Lipinski definition) is 3. The summed E-state index contributed by atoms with van der Waals surface area (Å²) in [6, 6.07) is 0. The number of nitrogens with two attached hydrogens (primary N) is 1. The third-order valence-corrected chi connectivity index (χ3v) is 4.22. The summed E-state index contributed by atoms with van der Waals surface area (Å²) in [5, 5.41) is 10.1. The molecule has 0 radical (unpaired) electrons. The van der Waals surface area contributed by atoms with E-state index in [1.54, 1.807) is 4.90 Å². The molecule has 1 saturated heterocycles. The maximum atomic E-state index is 12.1. The van der Waals surface area contributed by atoms with Gasteiger partial charge in [-0.3, -0.25) is 9.59 Å². The highest BCUT2D eigenvalue weighted by Crippen LogP contribution is 2.28. The Balaban J connectivity index is 2.00. The number of carbonyl (C=O) groups excluding carboxylic acids is 2. The highest BCUT2D eigenvalue weighted by Gasteiger charge is 2.47. The van der Waals surface area contributed by atoms with E-state index in [-0.39, 0.29) is 6.42 Å². The standard InChI is InChI=1S/C13H22N2O3/c14-11(16)13(18)7-4-8-15(12(13)17)9-10-5-2-1-3-6-10/h10,18H,1-9H2,(H2,14,16). The van der Waals surface area contributed by atoms with Crippen LogP contribution in [-0.4, -0.2) is 40.5 Å². The lowest BCUT2D eigenvalue weighted by atomic mass is 9.86. The molecule has 1 heterocycles. The van der Waals surface area contributed by atoms with Gasteiger partial charge in [-0.1, -0.05) is 19.3 Å². The van der Waals surface area contributed by atoms with Crippen molar-refractivity contribution in [1.82, 2.24) is 4.90 Å². The average Bonchev–Trinajstić information content (AvgIpc) is 2.36. The molecule has 2 rings (SSSR count). The molecule has 0 bridgehead atoms. The minimum absolute atomic E-state index is 0.155. The van der Waals surface area contributed by atoms with Crippen LogP contribution in [0.15, 0.2) is 0 Å². The molecule has 0 spiro atoms. The summed E-state index contributed by atoms with van der Waals surface area (Å²) in [5.41, 5.74) is 3.19. The Kier molecular flexibility index (Phi) is 3.90. The zero-order chi connectivity index (χ0) is 13.2. The Labute approximate surface area is 107 Å². The van der Waals surface area contributed by atoms with E-state index in [4.69, 9.17) is 5.73 Å². The van der Waals surface area contributed by atoms with Gasteiger partial charge in [0.25, 0.3) is 11.8 Å². The molecule has 1 atom stereocenters. The van der Waals surface area contributed by atoms with Gasteiger partial charge in [0, 0.05) is 13.1 Å². The Morgan fingerprint density at radius 1 is 1.33 bits per heavy atom. The first kappa shape index (κ1) is 13.3. The van der Waals surface area contributed by atoms with Crippen molar-refractivity contribution in [3.63, 3.8) is 0 Å². The lowest BCUT2D eigenvalue weighted by Gasteiger charge is -2.38. The Morgan fingerprint density at radius 2 is 2.00 bits per heavy atom. The predicted molar refractivity (Wildman–Crippen MR) is 66.5 cm³/mol. The van der Waals surface area contributed by atoms with Crippen LogP contribution in [0.3, 0.4) is 0 Å². The van der Waals surface area contributed by atoms with Crippen molar-refractivity contribution in [2.75, 3.05) is 13.1 Å². The number of piperidine rings is 1. The molecule has 1 aliphatic heterocycles. The van der Waals surface area contributed by atoms with E-state index in [9.17, 15) is 14.7 Å². The second-order valence-corrected chi connectivity index (χ2v) is 5.58. The largest absolute Gasteiger partial charge is 0.372 e. The lowest BCUT2D eigenvalue weighted by molar-refractivity contribution is -0.165. The van der Waals surface area contributed by atoms with Crippen molar-refractivity contribution in [2.45, 2.75) is 50.5 Å². The van der Waals surface area contributed by atoms with Crippen LogP contribution in [0, 0.1) is 5.92 Å². The summed E-state index contributed by atoms with van der Waals surface area (Å²) in [4.78, 5) is 25.0. The van der Waals surface area contributed by atoms with E-state index in [0.717, 1.165) is 12.8 Å². The molecule has 102 valence electrons. The van der Waals surface area contributed by atoms with Crippen molar-refractivity contribution in [3.8, 4) is 0 Å². The van der Waals surface area contributed by atoms with Gasteiger partial charge in [-0.15, -0.1) is 0 Å². The molecular formula is C13H22N2O3. The first-order chi connectivity index (χ1) is 8.54. The highest BCUT2D eigenvalue weighted by atomic mass is 16.3. The SMILES string of the molecule is NC(=O)C1(O)CCCN(CC2CCCCC2)C1=O. The number of likely N-dealkylation sites (tertiary alicyclic amines) is 1. The molecule has 1 aliphatic carbocycles. The summed E-state index contributed by atoms with van der Waals surface area (Å²) in [5.74, 6) is -0.898. The first-order valence-corrected chi connectivity index (χ1v) is 6.85. The number of amides is 2. The first-order valence-electron chi connectivity index (χ1n) is 6.85. The average molecular weight is 254 g/mol. The van der Waals surface area contributed by atoms with Gasteiger partial charge in [-0.05, 0) is 31.6 Å². The molecule has 0 aromatic rings. The van der Waals surface area contributed by atoms with Crippen molar-refractivity contribution >= 4 is 11.8 Å². The Hall–Kier alpha value is -1.10.